The van der Waals surface area contributed by atoms with E-state index in [1.54, 1.807) is 7.11 Å². The number of carbonyl (C=O) groups excluding carboxylic acids is 4. The van der Waals surface area contributed by atoms with Crippen LogP contribution in [0.15, 0.2) is 48.8 Å². The second-order valence-corrected chi connectivity index (χ2v) is 16.6. The summed E-state index contributed by atoms with van der Waals surface area (Å²) in [6.45, 7) is 4.90. The molecule has 7 atom stereocenters. The Morgan fingerprint density at radius 3 is 2.10 bits per heavy atom. The van der Waals surface area contributed by atoms with Gasteiger partial charge >= 0.3 is 12.2 Å². The van der Waals surface area contributed by atoms with Crippen LogP contribution in [0.4, 0.5) is 9.59 Å². The maximum atomic E-state index is 13.6. The minimum atomic E-state index is -0.834. The molecule has 2 saturated heterocycles. The fourth-order valence-corrected chi connectivity index (χ4v) is 9.88. The third-order valence-corrected chi connectivity index (χ3v) is 12.9. The first-order valence-electron chi connectivity index (χ1n) is 20.7. The molecular formula is C44H54N8O7. The van der Waals surface area contributed by atoms with Crippen molar-refractivity contribution in [3.05, 3.63) is 71.6 Å². The Morgan fingerprint density at radius 1 is 0.864 bits per heavy atom. The number of nitrogens with zero attached hydrogens (tertiary/aromatic N) is 4. The Bertz CT molecular complexity index is 2200. The molecule has 4 aromatic rings. The molecule has 3 amide bonds. The van der Waals surface area contributed by atoms with Gasteiger partial charge in [0.2, 0.25) is 5.91 Å². The molecule has 2 aliphatic carbocycles. The lowest BCUT2D eigenvalue weighted by Gasteiger charge is -2.37. The van der Waals surface area contributed by atoms with Crippen molar-refractivity contribution in [1.29, 1.82) is 0 Å². The highest BCUT2D eigenvalue weighted by atomic mass is 16.5. The van der Waals surface area contributed by atoms with Crippen molar-refractivity contribution < 1.29 is 33.4 Å². The van der Waals surface area contributed by atoms with E-state index in [0.717, 1.165) is 79.1 Å². The van der Waals surface area contributed by atoms with Crippen molar-refractivity contribution in [2.45, 2.75) is 95.1 Å². The SMILES string of the molecule is COC(=O)N[C@H](C(=O)N1CCC[C@H]1c1ncc(-c2ccc3c(c2)CCc2cc(-c4cnc([C@@H]5[C@H]6CC[C@H](C6)N5C[C@@H](OC)[C@@H](C=O)NC(=O)OC)[nH]4)ccc2-3)[nH]1)C(C)C. The van der Waals surface area contributed by atoms with Gasteiger partial charge in [0.05, 0.1) is 56.2 Å². The summed E-state index contributed by atoms with van der Waals surface area (Å²) >= 11 is 0. The molecule has 0 unspecified atom stereocenters. The molecule has 15 nitrogen and oxygen atoms in total. The third kappa shape index (κ3) is 7.85. The van der Waals surface area contributed by atoms with E-state index >= 15 is 0 Å². The molecule has 4 N–H and O–H groups in total. The van der Waals surface area contributed by atoms with E-state index in [9.17, 15) is 19.2 Å². The highest BCUT2D eigenvalue weighted by Gasteiger charge is 2.49. The van der Waals surface area contributed by atoms with Crippen LogP contribution in [0, 0.1) is 11.8 Å². The number of fused-ring (bicyclic) bond motifs is 5. The molecule has 8 rings (SSSR count). The molecule has 1 saturated carbocycles. The Labute approximate surface area is 344 Å². The average Bonchev–Trinajstić information content (AvgIpc) is 4.12. The molecule has 3 fully saturated rings. The predicted molar refractivity (Wildman–Crippen MR) is 219 cm³/mol. The number of benzene rings is 2. The largest absolute Gasteiger partial charge is 0.453 e. The lowest BCUT2D eigenvalue weighted by atomic mass is 9.83. The first kappa shape index (κ1) is 40.2. The van der Waals surface area contributed by atoms with Gasteiger partial charge in [-0.2, -0.15) is 0 Å². The van der Waals surface area contributed by atoms with E-state index in [2.05, 4.69) is 61.9 Å². The highest BCUT2D eigenvalue weighted by Crippen LogP contribution is 2.50. The molecule has 2 bridgehead atoms. The fraction of sp³-hybridized carbons (Fsp3) is 0.500. The number of ether oxygens (including phenoxy) is 3. The van der Waals surface area contributed by atoms with Crippen molar-refractivity contribution in [3.63, 3.8) is 0 Å². The van der Waals surface area contributed by atoms with Crippen LogP contribution < -0.4 is 10.6 Å². The molecule has 312 valence electrons. The number of aldehydes is 1. The molecule has 2 aromatic carbocycles. The zero-order valence-corrected chi connectivity index (χ0v) is 34.3. The van der Waals surface area contributed by atoms with Crippen molar-refractivity contribution in [2.75, 3.05) is 34.4 Å². The van der Waals surface area contributed by atoms with Gasteiger partial charge in [-0.1, -0.05) is 38.1 Å². The average molecular weight is 807 g/mol. The number of hydrogen-bond acceptors (Lipinski definition) is 10. The smallest absolute Gasteiger partial charge is 0.407 e. The minimum Gasteiger partial charge on any atom is -0.453 e. The highest BCUT2D eigenvalue weighted by molar-refractivity contribution is 5.86. The second kappa shape index (κ2) is 17.0. The normalized spacial score (nSPS) is 22.4. The number of imidazole rings is 2. The number of likely N-dealkylation sites (tertiary alicyclic amines) is 2. The number of alkyl carbamates (subject to hydrolysis) is 2. The van der Waals surface area contributed by atoms with Crippen molar-refractivity contribution in [1.82, 2.24) is 40.4 Å². The van der Waals surface area contributed by atoms with Crippen LogP contribution >= 0.6 is 0 Å². The molecule has 4 aliphatic rings. The number of piperidine rings is 1. The van der Waals surface area contributed by atoms with Gasteiger partial charge in [0, 0.05) is 26.2 Å². The molecule has 0 spiro atoms. The van der Waals surface area contributed by atoms with Gasteiger partial charge in [-0.05, 0) is 102 Å². The number of aromatic amines is 2. The lowest BCUT2D eigenvalue weighted by Crippen LogP contribution is -2.52. The molecule has 0 radical (unpaired) electrons. The number of rotatable bonds is 13. The Morgan fingerprint density at radius 2 is 1.49 bits per heavy atom. The summed E-state index contributed by atoms with van der Waals surface area (Å²) < 4.78 is 15.2. The topological polar surface area (TPSA) is 184 Å². The van der Waals surface area contributed by atoms with E-state index in [1.807, 2.05) is 31.1 Å². The van der Waals surface area contributed by atoms with Crippen LogP contribution in [0.1, 0.15) is 80.8 Å². The number of H-pyrrole nitrogens is 2. The zero-order valence-electron chi connectivity index (χ0n) is 34.3. The Kier molecular flexibility index (Phi) is 11.6. The van der Waals surface area contributed by atoms with Crippen molar-refractivity contribution in [3.8, 4) is 33.6 Å². The lowest BCUT2D eigenvalue weighted by molar-refractivity contribution is -0.135. The van der Waals surface area contributed by atoms with E-state index in [-0.39, 0.29) is 23.9 Å². The predicted octanol–water partition coefficient (Wildman–Crippen LogP) is 5.74. The summed E-state index contributed by atoms with van der Waals surface area (Å²) in [5.74, 6) is 1.87. The van der Waals surface area contributed by atoms with Crippen molar-refractivity contribution in [2.24, 2.45) is 11.8 Å². The summed E-state index contributed by atoms with van der Waals surface area (Å²) in [5, 5.41) is 5.32. The molecule has 2 aliphatic heterocycles. The molecule has 4 heterocycles. The maximum Gasteiger partial charge on any atom is 0.407 e. The Hall–Kier alpha value is -5.54. The summed E-state index contributed by atoms with van der Waals surface area (Å²) in [5.41, 5.74) is 9.00. The molecule has 59 heavy (non-hydrogen) atoms. The van der Waals surface area contributed by atoms with Crippen LogP contribution in [-0.2, 0) is 36.6 Å². The number of carbonyl (C=O) groups is 4. The van der Waals surface area contributed by atoms with E-state index in [0.29, 0.717) is 31.3 Å². The van der Waals surface area contributed by atoms with Crippen LogP contribution in [0.5, 0.6) is 0 Å². The number of aryl methyl sites for hydroxylation is 2. The standard InChI is InChI=1S/C44H54N8O7/c1-24(2)38(50-44(56)59-5)42(54)51-16-6-7-36(51)40-45-20-33(47-40)27-11-14-31-25(17-27)8-9-26-18-28(12-15-32(26)31)34-21-46-41(48-34)39-29-10-13-30(19-29)52(39)22-37(57-3)35(23-53)49-43(55)58-4/h11-12,14-15,17-18,20-21,23-24,29-30,35-39H,6-10,13,16,19,22H2,1-5H3,(H,45,47)(H,46,48)(H,49,55)(H,50,56)/t29-,30+,35+,36-,37+,38-,39-/m0/s1. The van der Waals surface area contributed by atoms with E-state index in [1.165, 1.54) is 36.5 Å². The van der Waals surface area contributed by atoms with Gasteiger partial charge in [0.25, 0.3) is 0 Å². The molecular weight excluding hydrogens is 753 g/mol. The number of nitrogens with one attached hydrogen (secondary N) is 4. The first-order chi connectivity index (χ1) is 28.6. The van der Waals surface area contributed by atoms with Crippen molar-refractivity contribution >= 4 is 24.4 Å². The number of amides is 3. The second-order valence-electron chi connectivity index (χ2n) is 16.6. The van der Waals surface area contributed by atoms with Crippen LogP contribution in [0.2, 0.25) is 0 Å². The van der Waals surface area contributed by atoms with Crippen LogP contribution in [0.3, 0.4) is 0 Å². The summed E-state index contributed by atoms with van der Waals surface area (Å²) in [6, 6.07) is 11.9. The van der Waals surface area contributed by atoms with Gasteiger partial charge < -0.3 is 44.5 Å². The molecule has 15 heteroatoms. The number of aromatic nitrogens is 4. The zero-order chi connectivity index (χ0) is 41.4. The van der Waals surface area contributed by atoms with Gasteiger partial charge in [0.15, 0.2) is 0 Å². The summed E-state index contributed by atoms with van der Waals surface area (Å²) in [6.07, 6.45) is 9.36. The summed E-state index contributed by atoms with van der Waals surface area (Å²) in [4.78, 5) is 70.6. The third-order valence-electron chi connectivity index (χ3n) is 12.9. The van der Waals surface area contributed by atoms with Gasteiger partial charge in [-0.15, -0.1) is 0 Å². The Balaban J connectivity index is 0.968. The van der Waals surface area contributed by atoms with Gasteiger partial charge in [-0.3, -0.25) is 9.69 Å². The van der Waals surface area contributed by atoms with Gasteiger partial charge in [-0.25, -0.2) is 19.6 Å². The van der Waals surface area contributed by atoms with Gasteiger partial charge in [0.1, 0.15) is 30.0 Å². The summed E-state index contributed by atoms with van der Waals surface area (Å²) in [7, 11) is 4.13. The number of methoxy groups -OCH3 is 3. The maximum absolute atomic E-state index is 13.6. The quantitative estimate of drug-likeness (QED) is 0.122. The molecule has 2 aromatic heterocycles. The van der Waals surface area contributed by atoms with E-state index < -0.39 is 30.4 Å². The fourth-order valence-electron chi connectivity index (χ4n) is 9.88. The van der Waals surface area contributed by atoms with E-state index in [4.69, 9.17) is 24.2 Å². The van der Waals surface area contributed by atoms with Crippen LogP contribution in [-0.4, -0.2) is 113 Å². The van der Waals surface area contributed by atoms with Crippen LogP contribution in [0.25, 0.3) is 33.6 Å². The number of hydrogen-bond donors (Lipinski definition) is 4. The minimum absolute atomic E-state index is 0.0578. The first-order valence-corrected chi connectivity index (χ1v) is 20.7. The monoisotopic (exact) mass is 806 g/mol.